The van der Waals surface area contributed by atoms with Gasteiger partial charge >= 0.3 is 12.0 Å². The first-order valence-corrected chi connectivity index (χ1v) is 6.24. The topological polar surface area (TPSA) is 44.5 Å². The fraction of sp³-hybridized carbons (Fsp3) is 0.0625. The summed E-state index contributed by atoms with van der Waals surface area (Å²) in [5.41, 5.74) is 0.639. The van der Waals surface area contributed by atoms with Crippen LogP contribution in [-0.2, 0) is 0 Å². The molecule has 0 aliphatic rings. The van der Waals surface area contributed by atoms with Crippen LogP contribution >= 0.6 is 0 Å². The second kappa shape index (κ2) is 5.48. The van der Waals surface area contributed by atoms with Gasteiger partial charge < -0.3 is 13.9 Å². The number of oxazole rings is 1. The van der Waals surface area contributed by atoms with Gasteiger partial charge in [0.15, 0.2) is 0 Å². The molecule has 2 aromatic carbocycles. The van der Waals surface area contributed by atoms with E-state index in [-0.39, 0.29) is 6.08 Å². The van der Waals surface area contributed by atoms with Crippen molar-refractivity contribution in [3.63, 3.8) is 0 Å². The van der Waals surface area contributed by atoms with Crippen molar-refractivity contribution in [3.8, 4) is 23.5 Å². The third-order valence-electron chi connectivity index (χ3n) is 2.64. The quantitative estimate of drug-likeness (QED) is 0.694. The first-order valence-electron chi connectivity index (χ1n) is 6.24. The summed E-state index contributed by atoms with van der Waals surface area (Å²) in [7, 11) is 0. The number of ether oxygens (including phenoxy) is 2. The number of nitrogens with zero attached hydrogens (tertiary/aromatic N) is 1. The molecule has 0 N–H and O–H groups in total. The van der Waals surface area contributed by atoms with Gasteiger partial charge in [-0.15, -0.1) is 0 Å². The number of aromatic nitrogens is 1. The lowest BCUT2D eigenvalue weighted by atomic mass is 10.3. The summed E-state index contributed by atoms with van der Waals surface area (Å²) in [5.74, 6) is 1.69. The van der Waals surface area contributed by atoms with Gasteiger partial charge in [-0.1, -0.05) is 36.4 Å². The molecule has 0 radical (unpaired) electrons. The Bertz CT molecular complexity index is 677. The zero-order valence-electron chi connectivity index (χ0n) is 10.9. The molecule has 4 nitrogen and oxygen atoms in total. The van der Waals surface area contributed by atoms with Crippen molar-refractivity contribution in [3.05, 3.63) is 66.4 Å². The molecule has 0 aliphatic heterocycles. The third-order valence-corrected chi connectivity index (χ3v) is 2.64. The number of benzene rings is 2. The normalized spacial score (nSPS) is 10.2. The number of para-hydroxylation sites is 2. The monoisotopic (exact) mass is 267 g/mol. The molecule has 0 saturated carbocycles. The van der Waals surface area contributed by atoms with Crippen LogP contribution in [0, 0.1) is 6.92 Å². The van der Waals surface area contributed by atoms with E-state index in [1.807, 2.05) is 60.7 Å². The average molecular weight is 267 g/mol. The fourth-order valence-electron chi connectivity index (χ4n) is 1.68. The largest absolute Gasteiger partial charge is 0.425 e. The Balaban J connectivity index is 1.77. The van der Waals surface area contributed by atoms with Crippen LogP contribution in [0.1, 0.15) is 5.69 Å². The minimum absolute atomic E-state index is 0.166. The fourth-order valence-corrected chi connectivity index (χ4v) is 1.68. The Morgan fingerprint density at radius 2 is 1.35 bits per heavy atom. The van der Waals surface area contributed by atoms with Gasteiger partial charge in [-0.2, -0.15) is 4.98 Å². The van der Waals surface area contributed by atoms with Crippen LogP contribution in [0.15, 0.2) is 65.1 Å². The summed E-state index contributed by atoms with van der Waals surface area (Å²) in [6.07, 6.45) is 0.166. The van der Waals surface area contributed by atoms with Gasteiger partial charge in [0, 0.05) is 0 Å². The molecule has 100 valence electrons. The Morgan fingerprint density at radius 3 is 1.95 bits per heavy atom. The summed E-state index contributed by atoms with van der Waals surface area (Å²) in [4.78, 5) is 4.19. The lowest BCUT2D eigenvalue weighted by Gasteiger charge is -2.01. The van der Waals surface area contributed by atoms with Crippen LogP contribution in [0.25, 0.3) is 0 Å². The summed E-state index contributed by atoms with van der Waals surface area (Å²) in [6, 6.07) is 18.7. The van der Waals surface area contributed by atoms with Crippen molar-refractivity contribution >= 4 is 0 Å². The highest BCUT2D eigenvalue weighted by Crippen LogP contribution is 2.30. The van der Waals surface area contributed by atoms with E-state index in [9.17, 15) is 0 Å². The molecule has 0 fully saturated rings. The highest BCUT2D eigenvalue weighted by Gasteiger charge is 2.13. The second-order valence-electron chi connectivity index (χ2n) is 4.18. The van der Waals surface area contributed by atoms with E-state index < -0.39 is 0 Å². The van der Waals surface area contributed by atoms with Gasteiger partial charge in [0.25, 0.3) is 0 Å². The molecular weight excluding hydrogens is 254 g/mol. The predicted molar refractivity (Wildman–Crippen MR) is 74.3 cm³/mol. The highest BCUT2D eigenvalue weighted by atomic mass is 16.7. The zero-order valence-corrected chi connectivity index (χ0v) is 10.9. The van der Waals surface area contributed by atoms with E-state index in [1.54, 1.807) is 6.92 Å². The highest BCUT2D eigenvalue weighted by molar-refractivity contribution is 5.29. The lowest BCUT2D eigenvalue weighted by Crippen LogP contribution is -1.83. The van der Waals surface area contributed by atoms with E-state index in [2.05, 4.69) is 4.98 Å². The molecule has 0 bridgehead atoms. The van der Waals surface area contributed by atoms with Gasteiger partial charge in [-0.05, 0) is 31.2 Å². The maximum atomic E-state index is 5.62. The molecule has 0 unspecified atom stereocenters. The SMILES string of the molecule is Cc1nc(Oc2ccccc2)oc1Oc1ccccc1. The molecular formula is C16H13NO3. The number of aryl methyl sites for hydroxylation is 1. The Kier molecular flexibility index (Phi) is 3.37. The standard InChI is InChI=1S/C16H13NO3/c1-12-15(18-13-8-4-2-5-9-13)20-16(17-12)19-14-10-6-3-7-11-14/h2-11H,1H3. The Labute approximate surface area is 116 Å². The van der Waals surface area contributed by atoms with Gasteiger partial charge in [0.2, 0.25) is 0 Å². The Hall–Kier alpha value is -2.75. The van der Waals surface area contributed by atoms with E-state index in [0.717, 1.165) is 0 Å². The third kappa shape index (κ3) is 2.80. The van der Waals surface area contributed by atoms with Crippen molar-refractivity contribution in [2.24, 2.45) is 0 Å². The van der Waals surface area contributed by atoms with Crippen molar-refractivity contribution in [2.45, 2.75) is 6.92 Å². The van der Waals surface area contributed by atoms with Crippen LogP contribution in [0.3, 0.4) is 0 Å². The van der Waals surface area contributed by atoms with Crippen molar-refractivity contribution in [2.75, 3.05) is 0 Å². The van der Waals surface area contributed by atoms with E-state index in [1.165, 1.54) is 0 Å². The van der Waals surface area contributed by atoms with E-state index in [0.29, 0.717) is 23.1 Å². The molecule has 0 atom stereocenters. The summed E-state index contributed by atoms with van der Waals surface area (Å²) in [5, 5.41) is 0. The summed E-state index contributed by atoms with van der Waals surface area (Å²) < 4.78 is 16.6. The molecule has 3 aromatic rings. The molecule has 3 rings (SSSR count). The molecule has 0 saturated heterocycles. The average Bonchev–Trinajstić information content (AvgIpc) is 2.81. The summed E-state index contributed by atoms with van der Waals surface area (Å²) >= 11 is 0. The lowest BCUT2D eigenvalue weighted by molar-refractivity contribution is 0.275. The van der Waals surface area contributed by atoms with Crippen LogP contribution in [0.4, 0.5) is 0 Å². The molecule has 20 heavy (non-hydrogen) atoms. The number of hydrogen-bond acceptors (Lipinski definition) is 4. The molecule has 0 spiro atoms. The van der Waals surface area contributed by atoms with Crippen LogP contribution in [0.2, 0.25) is 0 Å². The smallest absolute Gasteiger partial charge is 0.402 e. The molecule has 1 heterocycles. The Morgan fingerprint density at radius 1 is 0.800 bits per heavy atom. The van der Waals surface area contributed by atoms with Gasteiger partial charge in [0.1, 0.15) is 17.2 Å². The van der Waals surface area contributed by atoms with E-state index >= 15 is 0 Å². The molecule has 1 aromatic heterocycles. The van der Waals surface area contributed by atoms with Crippen molar-refractivity contribution < 1.29 is 13.9 Å². The molecule has 4 heteroatoms. The van der Waals surface area contributed by atoms with Crippen LogP contribution in [0.5, 0.6) is 23.5 Å². The summed E-state index contributed by atoms with van der Waals surface area (Å²) in [6.45, 7) is 1.81. The maximum Gasteiger partial charge on any atom is 0.402 e. The second-order valence-corrected chi connectivity index (χ2v) is 4.18. The van der Waals surface area contributed by atoms with Crippen molar-refractivity contribution in [1.29, 1.82) is 0 Å². The maximum absolute atomic E-state index is 5.62. The first kappa shape index (κ1) is 12.3. The van der Waals surface area contributed by atoms with Crippen LogP contribution < -0.4 is 9.47 Å². The molecule has 0 aliphatic carbocycles. The van der Waals surface area contributed by atoms with Crippen LogP contribution in [-0.4, -0.2) is 4.98 Å². The van der Waals surface area contributed by atoms with Gasteiger partial charge in [0.05, 0.1) is 0 Å². The first-order chi connectivity index (χ1) is 9.81. The molecule has 0 amide bonds. The minimum Gasteiger partial charge on any atom is -0.425 e. The van der Waals surface area contributed by atoms with Crippen molar-refractivity contribution in [1.82, 2.24) is 4.98 Å². The minimum atomic E-state index is 0.166. The zero-order chi connectivity index (χ0) is 13.8. The van der Waals surface area contributed by atoms with E-state index in [4.69, 9.17) is 13.9 Å². The predicted octanol–water partition coefficient (Wildman–Crippen LogP) is 4.57. The van der Waals surface area contributed by atoms with Gasteiger partial charge in [-0.3, -0.25) is 0 Å². The number of hydrogen-bond donors (Lipinski definition) is 0. The number of rotatable bonds is 4. The van der Waals surface area contributed by atoms with Gasteiger partial charge in [-0.25, -0.2) is 0 Å².